The smallest absolute Gasteiger partial charge is 0.413 e. The van der Waals surface area contributed by atoms with Crippen LogP contribution in [0.25, 0.3) is 0 Å². The van der Waals surface area contributed by atoms with E-state index in [1.54, 1.807) is 0 Å². The number of benzene rings is 1. The number of aryl methyl sites for hydroxylation is 2. The van der Waals surface area contributed by atoms with Crippen molar-refractivity contribution in [2.75, 3.05) is 0 Å². The number of carboxylic acids is 1. The standard InChI is InChI=1S/C15H14F3N3O3/c1-8-5-9(14(23)24)3-4-11(8)13(22)20-12(15(16,17)18)10-6-19-21(2)7-10/h3-7,12H,1-2H3,(H,20,22)(H,23,24). The number of nitrogens with one attached hydrogen (secondary N) is 1. The second-order valence-corrected chi connectivity index (χ2v) is 5.23. The molecule has 6 nitrogen and oxygen atoms in total. The van der Waals surface area contributed by atoms with Crippen molar-refractivity contribution in [1.29, 1.82) is 0 Å². The highest BCUT2D eigenvalue weighted by Crippen LogP contribution is 2.32. The summed E-state index contributed by atoms with van der Waals surface area (Å²) in [5.74, 6) is -2.13. The summed E-state index contributed by atoms with van der Waals surface area (Å²) in [6.45, 7) is 1.45. The Morgan fingerprint density at radius 1 is 1.33 bits per heavy atom. The van der Waals surface area contributed by atoms with E-state index in [4.69, 9.17) is 5.11 Å². The molecule has 1 aromatic heterocycles. The summed E-state index contributed by atoms with van der Waals surface area (Å²) < 4.78 is 40.9. The van der Waals surface area contributed by atoms with E-state index in [1.807, 2.05) is 5.32 Å². The minimum Gasteiger partial charge on any atom is -0.478 e. The maximum absolute atomic E-state index is 13.2. The molecule has 0 aliphatic rings. The lowest BCUT2D eigenvalue weighted by molar-refractivity contribution is -0.155. The van der Waals surface area contributed by atoms with E-state index < -0.39 is 24.1 Å². The van der Waals surface area contributed by atoms with Crippen LogP contribution in [0.15, 0.2) is 30.6 Å². The minimum atomic E-state index is -4.70. The highest BCUT2D eigenvalue weighted by Gasteiger charge is 2.42. The van der Waals surface area contributed by atoms with Crippen molar-refractivity contribution in [1.82, 2.24) is 15.1 Å². The molecule has 1 amide bonds. The van der Waals surface area contributed by atoms with Crippen molar-refractivity contribution < 1.29 is 27.9 Å². The Kier molecular flexibility index (Phi) is 4.63. The first-order chi connectivity index (χ1) is 11.1. The second kappa shape index (κ2) is 6.34. The van der Waals surface area contributed by atoms with Crippen LogP contribution in [-0.2, 0) is 7.05 Å². The van der Waals surface area contributed by atoms with E-state index in [9.17, 15) is 22.8 Å². The van der Waals surface area contributed by atoms with E-state index in [0.717, 1.165) is 12.3 Å². The zero-order valence-electron chi connectivity index (χ0n) is 12.8. The lowest BCUT2D eigenvalue weighted by atomic mass is 10.0. The van der Waals surface area contributed by atoms with Crippen LogP contribution in [0.2, 0.25) is 0 Å². The fourth-order valence-corrected chi connectivity index (χ4v) is 2.20. The van der Waals surface area contributed by atoms with Gasteiger partial charge in [-0.15, -0.1) is 0 Å². The number of nitrogens with zero attached hydrogens (tertiary/aromatic N) is 2. The number of carbonyl (C=O) groups is 2. The van der Waals surface area contributed by atoms with Crippen LogP contribution in [0.1, 0.15) is 37.9 Å². The van der Waals surface area contributed by atoms with Crippen LogP contribution in [0, 0.1) is 6.92 Å². The first kappa shape index (κ1) is 17.5. The molecule has 1 aromatic carbocycles. The summed E-state index contributed by atoms with van der Waals surface area (Å²) in [6, 6.07) is 1.36. The van der Waals surface area contributed by atoms with Gasteiger partial charge in [0.1, 0.15) is 0 Å². The number of carbonyl (C=O) groups excluding carboxylic acids is 1. The molecule has 0 spiro atoms. The zero-order valence-corrected chi connectivity index (χ0v) is 12.8. The van der Waals surface area contributed by atoms with Crippen molar-refractivity contribution in [3.63, 3.8) is 0 Å². The minimum absolute atomic E-state index is 0.0295. The van der Waals surface area contributed by atoms with Crippen molar-refractivity contribution in [2.24, 2.45) is 7.05 Å². The highest BCUT2D eigenvalue weighted by atomic mass is 19.4. The monoisotopic (exact) mass is 341 g/mol. The van der Waals surface area contributed by atoms with Gasteiger partial charge in [0, 0.05) is 24.4 Å². The van der Waals surface area contributed by atoms with Crippen LogP contribution in [-0.4, -0.2) is 32.9 Å². The predicted octanol–water partition coefficient (Wildman–Crippen LogP) is 2.46. The first-order valence-electron chi connectivity index (χ1n) is 6.79. The second-order valence-electron chi connectivity index (χ2n) is 5.23. The first-order valence-corrected chi connectivity index (χ1v) is 6.79. The third-order valence-corrected chi connectivity index (χ3v) is 3.38. The molecule has 0 saturated heterocycles. The van der Waals surface area contributed by atoms with Crippen LogP contribution >= 0.6 is 0 Å². The molecule has 0 aliphatic heterocycles. The summed E-state index contributed by atoms with van der Waals surface area (Å²) in [7, 11) is 1.47. The Balaban J connectivity index is 2.30. The van der Waals surface area contributed by atoms with Crippen LogP contribution in [0.4, 0.5) is 13.2 Å². The van der Waals surface area contributed by atoms with Crippen molar-refractivity contribution in [2.45, 2.75) is 19.1 Å². The van der Waals surface area contributed by atoms with Gasteiger partial charge < -0.3 is 10.4 Å². The summed E-state index contributed by atoms with van der Waals surface area (Å²) in [5.41, 5.74) is -0.0144. The van der Waals surface area contributed by atoms with Crippen LogP contribution in [0.3, 0.4) is 0 Å². The van der Waals surface area contributed by atoms with Gasteiger partial charge in [0.15, 0.2) is 6.04 Å². The maximum Gasteiger partial charge on any atom is 0.413 e. The van der Waals surface area contributed by atoms with Gasteiger partial charge in [-0.2, -0.15) is 18.3 Å². The number of aromatic nitrogens is 2. The molecule has 1 atom stereocenters. The van der Waals surface area contributed by atoms with Gasteiger partial charge in [0.05, 0.1) is 11.8 Å². The number of halogens is 3. The molecule has 2 aromatic rings. The number of aromatic carboxylic acids is 1. The topological polar surface area (TPSA) is 84.2 Å². The molecule has 0 fully saturated rings. The number of rotatable bonds is 4. The maximum atomic E-state index is 13.2. The van der Waals surface area contributed by atoms with Crippen molar-refractivity contribution >= 4 is 11.9 Å². The van der Waals surface area contributed by atoms with Gasteiger partial charge in [0.2, 0.25) is 0 Å². The normalized spacial score (nSPS) is 12.7. The van der Waals surface area contributed by atoms with Crippen molar-refractivity contribution in [3.05, 3.63) is 52.8 Å². The van der Waals surface area contributed by atoms with Crippen LogP contribution < -0.4 is 5.32 Å². The third kappa shape index (κ3) is 3.73. The molecule has 0 aliphatic carbocycles. The van der Waals surface area contributed by atoms with E-state index in [1.165, 1.54) is 37.0 Å². The summed E-state index contributed by atoms with van der Waals surface area (Å²) >= 11 is 0. The lowest BCUT2D eigenvalue weighted by Crippen LogP contribution is -2.38. The molecule has 1 unspecified atom stereocenters. The SMILES string of the molecule is Cc1cc(C(=O)O)ccc1C(=O)NC(c1cnn(C)c1)C(F)(F)F. The average molecular weight is 341 g/mol. The zero-order chi connectivity index (χ0) is 18.1. The van der Waals surface area contributed by atoms with E-state index >= 15 is 0 Å². The lowest BCUT2D eigenvalue weighted by Gasteiger charge is -2.21. The van der Waals surface area contributed by atoms with Crippen molar-refractivity contribution in [3.8, 4) is 0 Å². The third-order valence-electron chi connectivity index (χ3n) is 3.38. The molecule has 1 heterocycles. The fraction of sp³-hybridized carbons (Fsp3) is 0.267. The molecular weight excluding hydrogens is 327 g/mol. The number of carboxylic acid groups (broad SMARTS) is 1. The van der Waals surface area contributed by atoms with E-state index in [-0.39, 0.29) is 22.3 Å². The Hall–Kier alpha value is -2.84. The molecule has 9 heteroatoms. The highest BCUT2D eigenvalue weighted by molar-refractivity contribution is 5.97. The molecule has 2 N–H and O–H groups in total. The molecular formula is C15H14F3N3O3. The molecule has 128 valence electrons. The molecule has 0 bridgehead atoms. The molecule has 2 rings (SSSR count). The quantitative estimate of drug-likeness (QED) is 0.895. The van der Waals surface area contributed by atoms with Gasteiger partial charge in [-0.3, -0.25) is 9.48 Å². The average Bonchev–Trinajstić information content (AvgIpc) is 2.89. The van der Waals surface area contributed by atoms with Gasteiger partial charge >= 0.3 is 12.1 Å². The number of hydrogen-bond acceptors (Lipinski definition) is 3. The largest absolute Gasteiger partial charge is 0.478 e. The number of alkyl halides is 3. The van der Waals surface area contributed by atoms with E-state index in [2.05, 4.69) is 5.10 Å². The summed E-state index contributed by atoms with van der Waals surface area (Å²) in [4.78, 5) is 23.1. The Morgan fingerprint density at radius 3 is 2.46 bits per heavy atom. The summed E-state index contributed by atoms with van der Waals surface area (Å²) in [6.07, 6.45) is -2.51. The number of amides is 1. The van der Waals surface area contributed by atoms with Gasteiger partial charge in [-0.1, -0.05) is 0 Å². The van der Waals surface area contributed by atoms with Gasteiger partial charge in [-0.05, 0) is 30.7 Å². The Morgan fingerprint density at radius 2 is 2.00 bits per heavy atom. The summed E-state index contributed by atoms with van der Waals surface area (Å²) in [5, 5.41) is 14.5. The number of hydrogen-bond donors (Lipinski definition) is 2. The predicted molar refractivity (Wildman–Crippen MR) is 77.6 cm³/mol. The van der Waals surface area contributed by atoms with E-state index in [0.29, 0.717) is 0 Å². The van der Waals surface area contributed by atoms with Gasteiger partial charge in [-0.25, -0.2) is 4.79 Å². The van der Waals surface area contributed by atoms with Gasteiger partial charge in [0.25, 0.3) is 5.91 Å². The molecule has 0 saturated carbocycles. The fourth-order valence-electron chi connectivity index (χ4n) is 2.20. The molecule has 0 radical (unpaired) electrons. The Labute approximate surface area is 134 Å². The Bertz CT molecular complexity index is 784. The molecule has 24 heavy (non-hydrogen) atoms. The van der Waals surface area contributed by atoms with Crippen LogP contribution in [0.5, 0.6) is 0 Å².